The van der Waals surface area contributed by atoms with Crippen LogP contribution < -0.4 is 0 Å². The second-order valence-electron chi connectivity index (χ2n) is 8.27. The quantitative estimate of drug-likeness (QED) is 0.823. The van der Waals surface area contributed by atoms with E-state index >= 15 is 0 Å². The fourth-order valence-electron chi connectivity index (χ4n) is 4.30. The van der Waals surface area contributed by atoms with Gasteiger partial charge in [-0.2, -0.15) is 0 Å². The Labute approximate surface area is 157 Å². The van der Waals surface area contributed by atoms with Crippen molar-refractivity contribution in [2.75, 3.05) is 26.2 Å². The van der Waals surface area contributed by atoms with Crippen LogP contribution in [0.3, 0.4) is 0 Å². The van der Waals surface area contributed by atoms with Crippen LogP contribution in [0, 0.1) is 17.8 Å². The highest BCUT2D eigenvalue weighted by molar-refractivity contribution is 5.94. The molecule has 142 valence electrons. The second kappa shape index (κ2) is 8.70. The highest BCUT2D eigenvalue weighted by atomic mass is 16.2. The van der Waals surface area contributed by atoms with Crippen LogP contribution in [-0.4, -0.2) is 47.8 Å². The van der Waals surface area contributed by atoms with Crippen molar-refractivity contribution in [2.45, 2.75) is 46.0 Å². The largest absolute Gasteiger partial charge is 0.343 e. The van der Waals surface area contributed by atoms with Gasteiger partial charge in [-0.3, -0.25) is 9.59 Å². The molecule has 0 saturated carbocycles. The number of benzene rings is 1. The van der Waals surface area contributed by atoms with Gasteiger partial charge >= 0.3 is 0 Å². The number of likely N-dealkylation sites (tertiary alicyclic amines) is 2. The molecule has 0 aliphatic carbocycles. The highest BCUT2D eigenvalue weighted by Crippen LogP contribution is 2.27. The minimum Gasteiger partial charge on any atom is -0.343 e. The molecule has 0 atom stereocenters. The average molecular weight is 357 g/mol. The van der Waals surface area contributed by atoms with Gasteiger partial charge in [-0.05, 0) is 55.6 Å². The first kappa shape index (κ1) is 18.9. The van der Waals surface area contributed by atoms with Crippen molar-refractivity contribution < 1.29 is 9.59 Å². The lowest BCUT2D eigenvalue weighted by Gasteiger charge is -2.36. The Bertz CT molecular complexity index is 598. The number of rotatable bonds is 4. The predicted octanol–water partition coefficient (Wildman–Crippen LogP) is 3.82. The summed E-state index contributed by atoms with van der Waals surface area (Å²) in [6.07, 6.45) is 4.82. The fraction of sp³-hybridized carbons (Fsp3) is 0.636. The zero-order chi connectivity index (χ0) is 18.5. The van der Waals surface area contributed by atoms with Crippen molar-refractivity contribution in [1.82, 2.24) is 9.80 Å². The minimum absolute atomic E-state index is 0.117. The second-order valence-corrected chi connectivity index (χ2v) is 8.27. The molecule has 1 aromatic rings. The highest BCUT2D eigenvalue weighted by Gasteiger charge is 2.29. The van der Waals surface area contributed by atoms with Crippen molar-refractivity contribution in [3.05, 3.63) is 35.9 Å². The zero-order valence-corrected chi connectivity index (χ0v) is 16.2. The van der Waals surface area contributed by atoms with E-state index in [1.807, 2.05) is 35.2 Å². The van der Waals surface area contributed by atoms with E-state index in [9.17, 15) is 9.59 Å². The number of hydrogen-bond acceptors (Lipinski definition) is 2. The molecule has 4 heteroatoms. The monoisotopic (exact) mass is 356 g/mol. The van der Waals surface area contributed by atoms with Gasteiger partial charge in [0.2, 0.25) is 5.91 Å². The predicted molar refractivity (Wildman–Crippen MR) is 104 cm³/mol. The van der Waals surface area contributed by atoms with E-state index in [0.29, 0.717) is 18.2 Å². The number of nitrogens with zero attached hydrogens (tertiary/aromatic N) is 2. The van der Waals surface area contributed by atoms with Gasteiger partial charge in [0, 0.05) is 38.2 Å². The third-order valence-electron chi connectivity index (χ3n) is 6.22. The van der Waals surface area contributed by atoms with E-state index < -0.39 is 0 Å². The van der Waals surface area contributed by atoms with Gasteiger partial charge in [0.05, 0.1) is 0 Å². The van der Waals surface area contributed by atoms with Crippen LogP contribution in [0.5, 0.6) is 0 Å². The lowest BCUT2D eigenvalue weighted by Crippen LogP contribution is -2.42. The fourth-order valence-corrected chi connectivity index (χ4v) is 4.30. The Morgan fingerprint density at radius 1 is 0.923 bits per heavy atom. The molecule has 0 N–H and O–H groups in total. The Morgan fingerprint density at radius 2 is 1.50 bits per heavy atom. The average Bonchev–Trinajstić information content (AvgIpc) is 2.68. The van der Waals surface area contributed by atoms with Crippen molar-refractivity contribution in [1.29, 1.82) is 0 Å². The third kappa shape index (κ3) is 4.66. The Kier molecular flexibility index (Phi) is 6.33. The molecule has 2 fully saturated rings. The number of piperidine rings is 2. The lowest BCUT2D eigenvalue weighted by atomic mass is 9.86. The molecular weight excluding hydrogens is 324 g/mol. The molecular formula is C22H32N2O2. The maximum absolute atomic E-state index is 12.6. The van der Waals surface area contributed by atoms with E-state index in [4.69, 9.17) is 0 Å². The standard InChI is InChI=1S/C22H32N2O2/c1-17(2)19-10-14-23(15-11-19)21(25)16-18-8-12-24(13-9-18)22(26)20-6-4-3-5-7-20/h3-7,17-19H,8-16H2,1-2H3. The van der Waals surface area contributed by atoms with E-state index in [-0.39, 0.29) is 5.91 Å². The first-order chi connectivity index (χ1) is 12.5. The van der Waals surface area contributed by atoms with Crippen LogP contribution in [0.25, 0.3) is 0 Å². The molecule has 1 aromatic carbocycles. The molecule has 0 unspecified atom stereocenters. The van der Waals surface area contributed by atoms with Crippen molar-refractivity contribution >= 4 is 11.8 Å². The van der Waals surface area contributed by atoms with Gasteiger partial charge in [0.15, 0.2) is 0 Å². The van der Waals surface area contributed by atoms with Gasteiger partial charge in [-0.1, -0.05) is 32.0 Å². The van der Waals surface area contributed by atoms with Crippen LogP contribution in [-0.2, 0) is 4.79 Å². The van der Waals surface area contributed by atoms with Crippen LogP contribution in [0.4, 0.5) is 0 Å². The molecule has 4 nitrogen and oxygen atoms in total. The Hall–Kier alpha value is -1.84. The van der Waals surface area contributed by atoms with Gasteiger partial charge in [0.1, 0.15) is 0 Å². The summed E-state index contributed by atoms with van der Waals surface area (Å²) < 4.78 is 0. The Balaban J connectivity index is 1.43. The number of amides is 2. The van der Waals surface area contributed by atoms with E-state index in [0.717, 1.165) is 69.3 Å². The number of carbonyl (C=O) groups is 2. The summed E-state index contributed by atoms with van der Waals surface area (Å²) >= 11 is 0. The summed E-state index contributed by atoms with van der Waals surface area (Å²) in [6.45, 7) is 7.95. The van der Waals surface area contributed by atoms with Crippen LogP contribution in [0.15, 0.2) is 30.3 Å². The zero-order valence-electron chi connectivity index (χ0n) is 16.2. The molecule has 2 heterocycles. The van der Waals surface area contributed by atoms with Crippen molar-refractivity contribution in [3.63, 3.8) is 0 Å². The van der Waals surface area contributed by atoms with Gasteiger partial charge in [0.25, 0.3) is 5.91 Å². The van der Waals surface area contributed by atoms with E-state index in [1.54, 1.807) is 0 Å². The molecule has 26 heavy (non-hydrogen) atoms. The third-order valence-corrected chi connectivity index (χ3v) is 6.22. The first-order valence-electron chi connectivity index (χ1n) is 10.2. The van der Waals surface area contributed by atoms with Gasteiger partial charge in [-0.25, -0.2) is 0 Å². The van der Waals surface area contributed by atoms with E-state index in [1.165, 1.54) is 0 Å². The van der Waals surface area contributed by atoms with Gasteiger partial charge < -0.3 is 9.80 Å². The SMILES string of the molecule is CC(C)C1CCN(C(=O)CC2CCN(C(=O)c3ccccc3)CC2)CC1. The normalized spacial score (nSPS) is 19.8. The molecule has 2 aliphatic heterocycles. The van der Waals surface area contributed by atoms with Crippen molar-refractivity contribution in [2.24, 2.45) is 17.8 Å². The van der Waals surface area contributed by atoms with E-state index in [2.05, 4.69) is 18.7 Å². The van der Waals surface area contributed by atoms with Crippen LogP contribution in [0.1, 0.15) is 56.3 Å². The molecule has 3 rings (SSSR count). The molecule has 2 saturated heterocycles. The molecule has 0 radical (unpaired) electrons. The summed E-state index contributed by atoms with van der Waals surface area (Å²) in [5.74, 6) is 2.35. The summed E-state index contributed by atoms with van der Waals surface area (Å²) in [6, 6.07) is 9.48. The molecule has 0 spiro atoms. The molecule has 2 aliphatic rings. The molecule has 2 amide bonds. The molecule has 0 bridgehead atoms. The lowest BCUT2D eigenvalue weighted by molar-refractivity contribution is -0.134. The number of hydrogen-bond donors (Lipinski definition) is 0. The summed E-state index contributed by atoms with van der Waals surface area (Å²) in [5.41, 5.74) is 0.759. The topological polar surface area (TPSA) is 40.6 Å². The minimum atomic E-state index is 0.117. The van der Waals surface area contributed by atoms with Gasteiger partial charge in [-0.15, -0.1) is 0 Å². The summed E-state index contributed by atoms with van der Waals surface area (Å²) in [5, 5.41) is 0. The number of carbonyl (C=O) groups excluding carboxylic acids is 2. The van der Waals surface area contributed by atoms with Crippen LogP contribution >= 0.6 is 0 Å². The maximum atomic E-state index is 12.6. The first-order valence-corrected chi connectivity index (χ1v) is 10.2. The van der Waals surface area contributed by atoms with Crippen LogP contribution in [0.2, 0.25) is 0 Å². The smallest absolute Gasteiger partial charge is 0.253 e. The molecule has 0 aromatic heterocycles. The maximum Gasteiger partial charge on any atom is 0.253 e. The Morgan fingerprint density at radius 3 is 2.08 bits per heavy atom. The summed E-state index contributed by atoms with van der Waals surface area (Å²) in [7, 11) is 0. The van der Waals surface area contributed by atoms with Crippen molar-refractivity contribution in [3.8, 4) is 0 Å². The summed E-state index contributed by atoms with van der Waals surface area (Å²) in [4.78, 5) is 29.1.